The van der Waals surface area contributed by atoms with Gasteiger partial charge in [-0.25, -0.2) is 0 Å². The number of rotatable bonds is 5. The molecule has 0 radical (unpaired) electrons. The van der Waals surface area contributed by atoms with Crippen LogP contribution in [0.3, 0.4) is 0 Å². The van der Waals surface area contributed by atoms with Crippen molar-refractivity contribution in [2.24, 2.45) is 5.92 Å². The van der Waals surface area contributed by atoms with Gasteiger partial charge in [-0.15, -0.1) is 0 Å². The zero-order chi connectivity index (χ0) is 17.0. The average molecular weight is 349 g/mol. The summed E-state index contributed by atoms with van der Waals surface area (Å²) in [6, 6.07) is 4.21. The van der Waals surface area contributed by atoms with E-state index in [-0.39, 0.29) is 11.1 Å². The van der Waals surface area contributed by atoms with Crippen LogP contribution in [-0.4, -0.2) is 31.1 Å². The number of hydrogen-bond acceptors (Lipinski definition) is 2. The predicted molar refractivity (Wildman–Crippen MR) is 87.7 cm³/mol. The lowest BCUT2D eigenvalue weighted by Gasteiger charge is -2.36. The van der Waals surface area contributed by atoms with Crippen molar-refractivity contribution in [1.29, 1.82) is 0 Å². The summed E-state index contributed by atoms with van der Waals surface area (Å²) in [7, 11) is 0. The number of hydrogen-bond donors (Lipinski definition) is 1. The van der Waals surface area contributed by atoms with Gasteiger partial charge in [-0.05, 0) is 30.4 Å². The highest BCUT2D eigenvalue weighted by molar-refractivity contribution is 6.32. The van der Waals surface area contributed by atoms with Crippen molar-refractivity contribution in [3.63, 3.8) is 0 Å². The fourth-order valence-corrected chi connectivity index (χ4v) is 3.40. The summed E-state index contributed by atoms with van der Waals surface area (Å²) in [5.74, 6) is 0.505. The molecule has 130 valence electrons. The van der Waals surface area contributed by atoms with Crippen molar-refractivity contribution >= 4 is 11.6 Å². The maximum absolute atomic E-state index is 13.1. The molecule has 1 atom stereocenters. The predicted octanol–water partition coefficient (Wildman–Crippen LogP) is 4.74. The van der Waals surface area contributed by atoms with Gasteiger partial charge in [-0.2, -0.15) is 13.2 Å². The van der Waals surface area contributed by atoms with Crippen LogP contribution in [0.4, 0.5) is 13.2 Å². The van der Waals surface area contributed by atoms with Gasteiger partial charge >= 0.3 is 6.18 Å². The molecule has 1 aromatic rings. The van der Waals surface area contributed by atoms with Gasteiger partial charge in [0.05, 0.1) is 10.6 Å². The molecule has 1 aliphatic rings. The Morgan fingerprint density at radius 3 is 2.39 bits per heavy atom. The monoisotopic (exact) mass is 348 g/mol. The first kappa shape index (κ1) is 18.6. The second kappa shape index (κ2) is 7.86. The lowest BCUT2D eigenvalue weighted by molar-refractivity contribution is -0.137. The van der Waals surface area contributed by atoms with Crippen LogP contribution in [0.2, 0.25) is 5.02 Å². The van der Waals surface area contributed by atoms with Gasteiger partial charge in [-0.1, -0.05) is 37.6 Å². The highest BCUT2D eigenvalue weighted by atomic mass is 35.5. The van der Waals surface area contributed by atoms with Gasteiger partial charge < -0.3 is 5.32 Å². The Morgan fingerprint density at radius 2 is 1.83 bits per heavy atom. The van der Waals surface area contributed by atoms with Crippen molar-refractivity contribution < 1.29 is 13.2 Å². The zero-order valence-corrected chi connectivity index (χ0v) is 14.3. The summed E-state index contributed by atoms with van der Waals surface area (Å²) in [6.45, 7) is 7.62. The van der Waals surface area contributed by atoms with E-state index in [0.29, 0.717) is 11.5 Å². The first-order chi connectivity index (χ1) is 10.8. The van der Waals surface area contributed by atoms with Crippen molar-refractivity contribution in [2.45, 2.75) is 38.9 Å². The SMILES string of the molecule is CC(C)CC[C@H](c1cccc(C(F)(F)F)c1Cl)N1CCNCC1. The maximum atomic E-state index is 13.1. The minimum absolute atomic E-state index is 0.0608. The minimum Gasteiger partial charge on any atom is -0.314 e. The van der Waals surface area contributed by atoms with E-state index in [4.69, 9.17) is 11.6 Å². The fraction of sp³-hybridized carbons (Fsp3) is 0.647. The average Bonchev–Trinajstić information content (AvgIpc) is 2.48. The third-order valence-corrected chi connectivity index (χ3v) is 4.72. The molecule has 1 fully saturated rings. The molecule has 0 amide bonds. The molecule has 1 N–H and O–H groups in total. The van der Waals surface area contributed by atoms with Crippen molar-refractivity contribution in [2.75, 3.05) is 26.2 Å². The quantitative estimate of drug-likeness (QED) is 0.826. The molecule has 1 aromatic carbocycles. The molecule has 2 rings (SSSR count). The molecular weight excluding hydrogens is 325 g/mol. The largest absolute Gasteiger partial charge is 0.417 e. The number of nitrogens with one attached hydrogen (secondary N) is 1. The van der Waals surface area contributed by atoms with Crippen LogP contribution in [0.25, 0.3) is 0 Å². The summed E-state index contributed by atoms with van der Waals surface area (Å²) in [4.78, 5) is 2.25. The number of alkyl halides is 3. The molecule has 1 aliphatic heterocycles. The Morgan fingerprint density at radius 1 is 1.17 bits per heavy atom. The molecule has 0 aliphatic carbocycles. The Kier molecular flexibility index (Phi) is 6.34. The van der Waals surface area contributed by atoms with E-state index in [1.54, 1.807) is 6.07 Å². The van der Waals surface area contributed by atoms with E-state index >= 15 is 0 Å². The topological polar surface area (TPSA) is 15.3 Å². The van der Waals surface area contributed by atoms with Gasteiger partial charge in [0.1, 0.15) is 0 Å². The van der Waals surface area contributed by atoms with E-state index in [9.17, 15) is 13.2 Å². The molecule has 1 saturated heterocycles. The Labute approximate surface area is 141 Å². The number of piperazine rings is 1. The lowest BCUT2D eigenvalue weighted by atomic mass is 9.94. The summed E-state index contributed by atoms with van der Waals surface area (Å²) >= 11 is 6.16. The first-order valence-electron chi connectivity index (χ1n) is 8.11. The molecular formula is C17H24ClF3N2. The summed E-state index contributed by atoms with van der Waals surface area (Å²) < 4.78 is 39.4. The van der Waals surface area contributed by atoms with E-state index in [1.807, 2.05) is 0 Å². The van der Waals surface area contributed by atoms with E-state index < -0.39 is 11.7 Å². The van der Waals surface area contributed by atoms with Crippen LogP contribution in [0, 0.1) is 5.92 Å². The van der Waals surface area contributed by atoms with Gasteiger partial charge in [-0.3, -0.25) is 4.90 Å². The second-order valence-corrected chi connectivity index (χ2v) is 6.86. The van der Waals surface area contributed by atoms with Crippen LogP contribution >= 0.6 is 11.6 Å². The number of nitrogens with zero attached hydrogens (tertiary/aromatic N) is 1. The summed E-state index contributed by atoms with van der Waals surface area (Å²) in [6.07, 6.45) is -2.64. The maximum Gasteiger partial charge on any atom is 0.417 e. The van der Waals surface area contributed by atoms with Gasteiger partial charge in [0.25, 0.3) is 0 Å². The van der Waals surface area contributed by atoms with Crippen molar-refractivity contribution in [1.82, 2.24) is 10.2 Å². The Balaban J connectivity index is 2.34. The second-order valence-electron chi connectivity index (χ2n) is 6.48. The van der Waals surface area contributed by atoms with Crippen LogP contribution < -0.4 is 5.32 Å². The first-order valence-corrected chi connectivity index (χ1v) is 8.49. The van der Waals surface area contributed by atoms with E-state index in [2.05, 4.69) is 24.1 Å². The van der Waals surface area contributed by atoms with Crippen LogP contribution in [0.1, 0.15) is 43.9 Å². The van der Waals surface area contributed by atoms with Gasteiger partial charge in [0.15, 0.2) is 0 Å². The molecule has 2 nitrogen and oxygen atoms in total. The molecule has 0 aromatic heterocycles. The van der Waals surface area contributed by atoms with Gasteiger partial charge in [0.2, 0.25) is 0 Å². The zero-order valence-electron chi connectivity index (χ0n) is 13.6. The van der Waals surface area contributed by atoms with Crippen molar-refractivity contribution in [3.8, 4) is 0 Å². The molecule has 23 heavy (non-hydrogen) atoms. The molecule has 0 bridgehead atoms. The minimum atomic E-state index is -4.42. The summed E-state index contributed by atoms with van der Waals surface area (Å²) in [5.41, 5.74) is -0.134. The highest BCUT2D eigenvalue weighted by Crippen LogP contribution is 2.40. The molecule has 0 saturated carbocycles. The molecule has 0 spiro atoms. The lowest BCUT2D eigenvalue weighted by Crippen LogP contribution is -2.45. The van der Waals surface area contributed by atoms with Gasteiger partial charge in [0, 0.05) is 32.2 Å². The summed E-state index contributed by atoms with van der Waals surface area (Å²) in [5, 5.41) is 3.14. The smallest absolute Gasteiger partial charge is 0.314 e. The number of halogens is 4. The normalized spacial score (nSPS) is 18.4. The van der Waals surface area contributed by atoms with E-state index in [1.165, 1.54) is 6.07 Å². The van der Waals surface area contributed by atoms with Crippen LogP contribution in [-0.2, 0) is 6.18 Å². The van der Waals surface area contributed by atoms with Crippen LogP contribution in [0.5, 0.6) is 0 Å². The molecule has 0 unspecified atom stereocenters. The molecule has 1 heterocycles. The standard InChI is InChI=1S/C17H24ClF3N2/c1-12(2)6-7-15(23-10-8-22-9-11-23)13-4-3-5-14(16(13)18)17(19,20)21/h3-5,12,15,22H,6-11H2,1-2H3/t15-/m1/s1. The third kappa shape index (κ3) is 4.85. The molecule has 6 heteroatoms. The number of benzene rings is 1. The van der Waals surface area contributed by atoms with Crippen molar-refractivity contribution in [3.05, 3.63) is 34.3 Å². The highest BCUT2D eigenvalue weighted by Gasteiger charge is 2.35. The Hall–Kier alpha value is -0.780. The van der Waals surface area contributed by atoms with Crippen LogP contribution in [0.15, 0.2) is 18.2 Å². The Bertz CT molecular complexity index is 511. The van der Waals surface area contributed by atoms with E-state index in [0.717, 1.165) is 45.1 Å². The third-order valence-electron chi connectivity index (χ3n) is 4.30. The fourth-order valence-electron chi connectivity index (χ4n) is 3.05.